The van der Waals surface area contributed by atoms with Crippen molar-refractivity contribution in [2.24, 2.45) is 5.92 Å². The molecule has 0 N–H and O–H groups in total. The van der Waals surface area contributed by atoms with E-state index in [4.69, 9.17) is 4.74 Å². The Balaban J connectivity index is 1.76. The van der Waals surface area contributed by atoms with E-state index in [1.165, 1.54) is 40.3 Å². The van der Waals surface area contributed by atoms with E-state index in [-0.39, 0.29) is 0 Å². The molecular formula is C13H19IO. The van der Waals surface area contributed by atoms with E-state index < -0.39 is 19.8 Å². The van der Waals surface area contributed by atoms with Crippen LogP contribution in [0.3, 0.4) is 0 Å². The summed E-state index contributed by atoms with van der Waals surface area (Å²) in [4.78, 5) is 0. The van der Waals surface area contributed by atoms with Gasteiger partial charge in [-0.05, 0) is 0 Å². The summed E-state index contributed by atoms with van der Waals surface area (Å²) in [6, 6.07) is 0. The molecule has 1 nitrogen and oxygen atoms in total. The molecule has 0 aromatic heterocycles. The van der Waals surface area contributed by atoms with Crippen molar-refractivity contribution in [3.63, 3.8) is 0 Å². The van der Waals surface area contributed by atoms with E-state index >= 15 is 0 Å². The Labute approximate surface area is 99.3 Å². The van der Waals surface area contributed by atoms with E-state index in [0.717, 1.165) is 9.84 Å². The van der Waals surface area contributed by atoms with Gasteiger partial charge in [0, 0.05) is 0 Å². The number of allylic oxidation sites excluding steroid dienone is 3. The van der Waals surface area contributed by atoms with Gasteiger partial charge in [-0.25, -0.2) is 0 Å². The first kappa shape index (κ1) is 10.2. The fourth-order valence-electron chi connectivity index (χ4n) is 2.90. The Bertz CT molecular complexity index is 312. The van der Waals surface area contributed by atoms with Crippen LogP contribution in [0.2, 0.25) is 0 Å². The molecule has 3 rings (SSSR count). The number of fused-ring (bicyclic) bond motifs is 1. The molecule has 0 aromatic carbocycles. The van der Waals surface area contributed by atoms with E-state index in [2.05, 4.69) is 12.2 Å². The molecule has 2 fully saturated rings. The molecule has 15 heavy (non-hydrogen) atoms. The standard InChI is InChI=1S/C13H19IO/c1-15-13-8-7-11(12-9-14(12)13)10-5-3-2-4-6-10/h7-8,10,12H,2-6,9H2,1H3. The van der Waals surface area contributed by atoms with Gasteiger partial charge in [0.15, 0.2) is 0 Å². The normalized spacial score (nSPS) is 32.9. The van der Waals surface area contributed by atoms with E-state index in [1.54, 1.807) is 0 Å². The molecule has 0 spiro atoms. The molecule has 3 aliphatic rings. The number of alkyl halides is 2. The molecule has 2 heteroatoms. The van der Waals surface area contributed by atoms with Gasteiger partial charge in [0.2, 0.25) is 0 Å². The molecule has 0 radical (unpaired) electrons. The average molecular weight is 318 g/mol. The van der Waals surface area contributed by atoms with E-state index in [0.29, 0.717) is 0 Å². The third-order valence-corrected chi connectivity index (χ3v) is 9.64. The zero-order chi connectivity index (χ0) is 10.3. The summed E-state index contributed by atoms with van der Waals surface area (Å²) < 4.78 is 9.36. The Kier molecular flexibility index (Phi) is 2.79. The van der Waals surface area contributed by atoms with Crippen LogP contribution in [-0.2, 0) is 4.74 Å². The summed E-state index contributed by atoms with van der Waals surface area (Å²) in [6.07, 6.45) is 12.0. The first-order valence-corrected chi connectivity index (χ1v) is 9.85. The zero-order valence-electron chi connectivity index (χ0n) is 9.34. The third kappa shape index (κ3) is 1.85. The van der Waals surface area contributed by atoms with E-state index in [9.17, 15) is 0 Å². The number of rotatable bonds is 2. The molecule has 1 saturated heterocycles. The molecule has 0 amide bonds. The molecule has 1 atom stereocenters. The van der Waals surface area contributed by atoms with Gasteiger partial charge in [-0.1, -0.05) is 0 Å². The molecule has 0 aromatic rings. The zero-order valence-corrected chi connectivity index (χ0v) is 11.5. The number of hydrogen-bond acceptors (Lipinski definition) is 1. The maximum atomic E-state index is 5.47. The van der Waals surface area contributed by atoms with E-state index in [1.807, 2.05) is 12.7 Å². The van der Waals surface area contributed by atoms with Crippen molar-refractivity contribution in [3.8, 4) is 0 Å². The number of methoxy groups -OCH3 is 1. The molecule has 1 saturated carbocycles. The van der Waals surface area contributed by atoms with Gasteiger partial charge in [-0.15, -0.1) is 0 Å². The van der Waals surface area contributed by atoms with Crippen LogP contribution in [0.25, 0.3) is 0 Å². The number of ether oxygens (including phenoxy) is 1. The van der Waals surface area contributed by atoms with Crippen LogP contribution in [0, 0.1) is 5.92 Å². The van der Waals surface area contributed by atoms with Gasteiger partial charge in [0.05, 0.1) is 0 Å². The molecular weight excluding hydrogens is 299 g/mol. The summed E-state index contributed by atoms with van der Waals surface area (Å²) in [5, 5.41) is 0. The van der Waals surface area contributed by atoms with Crippen molar-refractivity contribution in [2.45, 2.75) is 36.0 Å². The number of halogens is 1. The monoisotopic (exact) mass is 318 g/mol. The molecule has 1 aliphatic carbocycles. The minimum absolute atomic E-state index is 0.774. The summed E-state index contributed by atoms with van der Waals surface area (Å²) in [5.74, 6) is 0.945. The predicted octanol–water partition coefficient (Wildman–Crippen LogP) is 3.88. The SMILES string of the molecule is COC1=CC=C(C2CCCCC2)C2CI12. The summed E-state index contributed by atoms with van der Waals surface area (Å²) in [5.41, 5.74) is 1.82. The molecule has 1 unspecified atom stereocenters. The first-order valence-electron chi connectivity index (χ1n) is 6.00. The van der Waals surface area contributed by atoms with Crippen LogP contribution in [0.15, 0.2) is 21.5 Å². The second-order valence-electron chi connectivity index (χ2n) is 4.70. The van der Waals surface area contributed by atoms with Crippen molar-refractivity contribution < 1.29 is 4.74 Å². The first-order chi connectivity index (χ1) is 7.40. The summed E-state index contributed by atoms with van der Waals surface area (Å²) >= 11 is -0.774. The Morgan fingerprint density at radius 1 is 1.20 bits per heavy atom. The van der Waals surface area contributed by atoms with Gasteiger partial charge in [-0.3, -0.25) is 0 Å². The van der Waals surface area contributed by atoms with Crippen LogP contribution in [0.1, 0.15) is 32.1 Å². The quantitative estimate of drug-likeness (QED) is 0.554. The summed E-state index contributed by atoms with van der Waals surface area (Å²) in [6.45, 7) is 0. The topological polar surface area (TPSA) is 9.23 Å². The second kappa shape index (κ2) is 4.11. The average Bonchev–Trinajstić information content (AvgIpc) is 3.08. The van der Waals surface area contributed by atoms with Crippen LogP contribution < -0.4 is 0 Å². The van der Waals surface area contributed by atoms with Crippen molar-refractivity contribution in [1.82, 2.24) is 0 Å². The van der Waals surface area contributed by atoms with Gasteiger partial charge in [0.1, 0.15) is 0 Å². The van der Waals surface area contributed by atoms with Gasteiger partial charge >= 0.3 is 99.5 Å². The van der Waals surface area contributed by atoms with Crippen molar-refractivity contribution in [2.75, 3.05) is 11.5 Å². The van der Waals surface area contributed by atoms with Crippen molar-refractivity contribution in [1.29, 1.82) is 0 Å². The fourth-order valence-corrected chi connectivity index (χ4v) is 9.13. The second-order valence-corrected chi connectivity index (χ2v) is 10.4. The van der Waals surface area contributed by atoms with Crippen LogP contribution >= 0.6 is 19.8 Å². The number of hydrogen-bond donors (Lipinski definition) is 0. The fraction of sp³-hybridized carbons (Fsp3) is 0.692. The minimum atomic E-state index is -0.774. The molecule has 2 heterocycles. The van der Waals surface area contributed by atoms with Crippen LogP contribution in [0.5, 0.6) is 0 Å². The maximum absolute atomic E-state index is 5.47. The Morgan fingerprint density at radius 3 is 2.73 bits per heavy atom. The van der Waals surface area contributed by atoms with Gasteiger partial charge < -0.3 is 0 Å². The Hall–Kier alpha value is 0.01000. The third-order valence-electron chi connectivity index (χ3n) is 3.80. The molecule has 84 valence electrons. The van der Waals surface area contributed by atoms with Crippen molar-refractivity contribution >= 4 is 19.8 Å². The predicted molar refractivity (Wildman–Crippen MR) is 72.4 cm³/mol. The summed E-state index contributed by atoms with van der Waals surface area (Å²) in [7, 11) is 1.85. The van der Waals surface area contributed by atoms with Crippen molar-refractivity contribution in [3.05, 3.63) is 21.5 Å². The van der Waals surface area contributed by atoms with Crippen LogP contribution in [-0.4, -0.2) is 15.5 Å². The Morgan fingerprint density at radius 2 is 2.00 bits per heavy atom. The van der Waals surface area contributed by atoms with Crippen LogP contribution in [0.4, 0.5) is 0 Å². The van der Waals surface area contributed by atoms with Gasteiger partial charge in [0.25, 0.3) is 0 Å². The molecule has 2 aliphatic heterocycles. The van der Waals surface area contributed by atoms with Gasteiger partial charge in [-0.2, -0.15) is 0 Å². The molecule has 0 bridgehead atoms.